The SMILES string of the molecule is CC1CCCC(C)N1C(=O)COc1ccc(C(=O)Nc2ccc(N)nc2)cc1. The Bertz CT molecular complexity index is 811. The van der Waals surface area contributed by atoms with Gasteiger partial charge < -0.3 is 20.7 Å². The topological polar surface area (TPSA) is 97.5 Å². The number of carbonyl (C=O) groups excluding carboxylic acids is 2. The van der Waals surface area contributed by atoms with E-state index in [1.54, 1.807) is 36.4 Å². The van der Waals surface area contributed by atoms with Gasteiger partial charge in [-0.1, -0.05) is 0 Å². The third-order valence-corrected chi connectivity index (χ3v) is 5.00. The molecule has 3 N–H and O–H groups in total. The summed E-state index contributed by atoms with van der Waals surface area (Å²) in [5, 5.41) is 2.75. The van der Waals surface area contributed by atoms with Gasteiger partial charge in [0.2, 0.25) is 0 Å². The maximum atomic E-state index is 12.5. The Hall–Kier alpha value is -3.09. The molecular weight excluding hydrogens is 356 g/mol. The lowest BCUT2D eigenvalue weighted by molar-refractivity contribution is -0.139. The molecule has 2 heterocycles. The highest BCUT2D eigenvalue weighted by molar-refractivity contribution is 6.04. The van der Waals surface area contributed by atoms with Gasteiger partial charge in [-0.25, -0.2) is 4.98 Å². The molecule has 0 bridgehead atoms. The van der Waals surface area contributed by atoms with Crippen LogP contribution in [0.3, 0.4) is 0 Å². The van der Waals surface area contributed by atoms with E-state index in [4.69, 9.17) is 10.5 Å². The minimum absolute atomic E-state index is 0.00243. The number of rotatable bonds is 5. The number of anilines is 2. The molecule has 1 aliphatic heterocycles. The van der Waals surface area contributed by atoms with Crippen molar-refractivity contribution >= 4 is 23.3 Å². The lowest BCUT2D eigenvalue weighted by Gasteiger charge is -2.38. The number of hydrogen-bond donors (Lipinski definition) is 2. The molecule has 2 aromatic rings. The molecule has 0 spiro atoms. The van der Waals surface area contributed by atoms with Crippen LogP contribution in [-0.2, 0) is 4.79 Å². The van der Waals surface area contributed by atoms with Crippen LogP contribution in [0.1, 0.15) is 43.5 Å². The molecule has 1 aromatic carbocycles. The summed E-state index contributed by atoms with van der Waals surface area (Å²) in [6.45, 7) is 4.16. The number of amides is 2. The van der Waals surface area contributed by atoms with Crippen LogP contribution in [0, 0.1) is 0 Å². The van der Waals surface area contributed by atoms with E-state index in [1.165, 1.54) is 6.20 Å². The minimum atomic E-state index is -0.259. The second-order valence-electron chi connectivity index (χ2n) is 7.17. The molecule has 0 radical (unpaired) electrons. The molecule has 2 amide bonds. The highest BCUT2D eigenvalue weighted by Gasteiger charge is 2.28. The standard InChI is InChI=1S/C21H26N4O3/c1-14-4-3-5-15(2)25(14)20(26)13-28-18-9-6-16(7-10-18)21(27)24-17-8-11-19(22)23-12-17/h6-12,14-15H,3-5,13H2,1-2H3,(H2,22,23)(H,24,27). The summed E-state index contributed by atoms with van der Waals surface area (Å²) < 4.78 is 5.64. The van der Waals surface area contributed by atoms with Gasteiger partial charge in [0, 0.05) is 17.6 Å². The molecule has 7 heteroatoms. The van der Waals surface area contributed by atoms with E-state index in [0.717, 1.165) is 19.3 Å². The van der Waals surface area contributed by atoms with E-state index in [2.05, 4.69) is 24.1 Å². The van der Waals surface area contributed by atoms with Gasteiger partial charge >= 0.3 is 0 Å². The number of nitrogens with one attached hydrogen (secondary N) is 1. The number of ether oxygens (including phenoxy) is 1. The van der Waals surface area contributed by atoms with Crippen LogP contribution in [0.4, 0.5) is 11.5 Å². The second-order valence-corrected chi connectivity index (χ2v) is 7.17. The van der Waals surface area contributed by atoms with Crippen LogP contribution < -0.4 is 15.8 Å². The summed E-state index contributed by atoms with van der Waals surface area (Å²) in [5.74, 6) is 0.682. The van der Waals surface area contributed by atoms with Gasteiger partial charge in [0.1, 0.15) is 11.6 Å². The van der Waals surface area contributed by atoms with Gasteiger partial charge in [-0.3, -0.25) is 9.59 Å². The minimum Gasteiger partial charge on any atom is -0.484 e. The summed E-state index contributed by atoms with van der Waals surface area (Å²) in [6, 6.07) is 10.5. The van der Waals surface area contributed by atoms with Gasteiger partial charge in [-0.15, -0.1) is 0 Å². The van der Waals surface area contributed by atoms with Crippen molar-refractivity contribution < 1.29 is 14.3 Å². The maximum Gasteiger partial charge on any atom is 0.260 e. The molecule has 1 aliphatic rings. The van der Waals surface area contributed by atoms with Gasteiger partial charge in [-0.2, -0.15) is 0 Å². The van der Waals surface area contributed by atoms with Crippen LogP contribution >= 0.6 is 0 Å². The molecule has 1 saturated heterocycles. The smallest absolute Gasteiger partial charge is 0.260 e. The van der Waals surface area contributed by atoms with Crippen molar-refractivity contribution in [2.75, 3.05) is 17.7 Å². The first kappa shape index (κ1) is 19.7. The Labute approximate surface area is 164 Å². The van der Waals surface area contributed by atoms with Gasteiger partial charge in [-0.05, 0) is 69.5 Å². The Morgan fingerprint density at radius 3 is 2.43 bits per heavy atom. The van der Waals surface area contributed by atoms with Crippen molar-refractivity contribution in [2.45, 2.75) is 45.2 Å². The van der Waals surface area contributed by atoms with Crippen LogP contribution in [0.5, 0.6) is 5.75 Å². The quantitative estimate of drug-likeness (QED) is 0.828. The van der Waals surface area contributed by atoms with Crippen molar-refractivity contribution in [1.82, 2.24) is 9.88 Å². The normalized spacial score (nSPS) is 19.1. The summed E-state index contributed by atoms with van der Waals surface area (Å²) in [6.07, 6.45) is 4.72. The molecule has 0 aliphatic carbocycles. The number of benzene rings is 1. The fraction of sp³-hybridized carbons (Fsp3) is 0.381. The molecule has 0 saturated carbocycles. The first-order chi connectivity index (χ1) is 13.4. The summed E-state index contributed by atoms with van der Waals surface area (Å²) in [7, 11) is 0. The van der Waals surface area contributed by atoms with E-state index in [-0.39, 0.29) is 30.5 Å². The number of likely N-dealkylation sites (tertiary alicyclic amines) is 1. The first-order valence-corrected chi connectivity index (χ1v) is 9.51. The molecule has 28 heavy (non-hydrogen) atoms. The van der Waals surface area contributed by atoms with Crippen molar-refractivity contribution in [3.05, 3.63) is 48.2 Å². The van der Waals surface area contributed by atoms with Crippen molar-refractivity contribution in [2.24, 2.45) is 0 Å². The van der Waals surface area contributed by atoms with Gasteiger partial charge in [0.15, 0.2) is 6.61 Å². The average Bonchev–Trinajstić information content (AvgIpc) is 2.68. The predicted octanol–water partition coefficient (Wildman–Crippen LogP) is 3.08. The number of piperidine rings is 1. The molecule has 2 unspecified atom stereocenters. The van der Waals surface area contributed by atoms with E-state index >= 15 is 0 Å². The zero-order valence-electron chi connectivity index (χ0n) is 16.2. The van der Waals surface area contributed by atoms with Crippen LogP contribution in [0.15, 0.2) is 42.6 Å². The Morgan fingerprint density at radius 1 is 1.14 bits per heavy atom. The lowest BCUT2D eigenvalue weighted by atomic mass is 9.97. The third kappa shape index (κ3) is 4.79. The molecule has 7 nitrogen and oxygen atoms in total. The van der Waals surface area contributed by atoms with Crippen molar-refractivity contribution in [1.29, 1.82) is 0 Å². The Balaban J connectivity index is 1.54. The summed E-state index contributed by atoms with van der Waals surface area (Å²) in [5.41, 5.74) is 6.58. The second kappa shape index (κ2) is 8.73. The van der Waals surface area contributed by atoms with Crippen molar-refractivity contribution in [3.63, 3.8) is 0 Å². The number of hydrogen-bond acceptors (Lipinski definition) is 5. The van der Waals surface area contributed by atoms with Crippen LogP contribution in [0.2, 0.25) is 0 Å². The Morgan fingerprint density at radius 2 is 1.82 bits per heavy atom. The first-order valence-electron chi connectivity index (χ1n) is 9.51. The summed E-state index contributed by atoms with van der Waals surface area (Å²) >= 11 is 0. The van der Waals surface area contributed by atoms with Gasteiger partial charge in [0.05, 0.1) is 11.9 Å². The molecule has 1 fully saturated rings. The fourth-order valence-corrected chi connectivity index (χ4v) is 3.52. The molecule has 3 rings (SSSR count). The average molecular weight is 382 g/mol. The van der Waals surface area contributed by atoms with Crippen LogP contribution in [0.25, 0.3) is 0 Å². The van der Waals surface area contributed by atoms with E-state index < -0.39 is 0 Å². The van der Waals surface area contributed by atoms with Gasteiger partial charge in [0.25, 0.3) is 11.8 Å². The number of nitrogens with zero attached hydrogens (tertiary/aromatic N) is 2. The highest BCUT2D eigenvalue weighted by Crippen LogP contribution is 2.23. The zero-order chi connectivity index (χ0) is 20.1. The van der Waals surface area contributed by atoms with E-state index in [9.17, 15) is 9.59 Å². The maximum absolute atomic E-state index is 12.5. The number of carbonyl (C=O) groups is 2. The monoisotopic (exact) mass is 382 g/mol. The zero-order valence-corrected chi connectivity index (χ0v) is 16.2. The van der Waals surface area contributed by atoms with Crippen molar-refractivity contribution in [3.8, 4) is 5.75 Å². The summed E-state index contributed by atoms with van der Waals surface area (Å²) in [4.78, 5) is 30.7. The highest BCUT2D eigenvalue weighted by atomic mass is 16.5. The van der Waals surface area contributed by atoms with E-state index in [1.807, 2.05) is 4.90 Å². The largest absolute Gasteiger partial charge is 0.484 e. The molecule has 2 atom stereocenters. The fourth-order valence-electron chi connectivity index (χ4n) is 3.52. The number of nitrogen functional groups attached to an aromatic ring is 1. The molecular formula is C21H26N4O3. The predicted molar refractivity (Wildman–Crippen MR) is 108 cm³/mol. The molecule has 148 valence electrons. The van der Waals surface area contributed by atoms with E-state index in [0.29, 0.717) is 22.8 Å². The number of nitrogens with two attached hydrogens (primary N) is 1. The van der Waals surface area contributed by atoms with Crippen LogP contribution in [-0.4, -0.2) is 40.4 Å². The number of pyridine rings is 1. The molecule has 1 aromatic heterocycles. The third-order valence-electron chi connectivity index (χ3n) is 5.00. The lowest BCUT2D eigenvalue weighted by Crippen LogP contribution is -2.49. The number of aromatic nitrogens is 1. The Kier molecular flexibility index (Phi) is 6.13.